The van der Waals surface area contributed by atoms with Crippen LogP contribution in [0.3, 0.4) is 0 Å². The molecule has 0 radical (unpaired) electrons. The van der Waals surface area contributed by atoms with Gasteiger partial charge in [-0.15, -0.1) is 0 Å². The second-order valence-corrected chi connectivity index (χ2v) is 6.67. The van der Waals surface area contributed by atoms with Crippen LogP contribution in [0.15, 0.2) is 24.3 Å². The van der Waals surface area contributed by atoms with E-state index < -0.39 is 0 Å². The number of likely N-dealkylation sites (N-methyl/N-ethyl adjacent to an activating group) is 1. The van der Waals surface area contributed by atoms with Gasteiger partial charge in [-0.05, 0) is 31.2 Å². The molecule has 0 heterocycles. The molecule has 0 atom stereocenters. The summed E-state index contributed by atoms with van der Waals surface area (Å²) in [5.74, 6) is 0.902. The summed E-state index contributed by atoms with van der Waals surface area (Å²) in [4.78, 5) is 14.6. The minimum absolute atomic E-state index is 0.221. The van der Waals surface area contributed by atoms with Crippen molar-refractivity contribution in [2.24, 2.45) is 5.92 Å². The van der Waals surface area contributed by atoms with E-state index in [1.165, 1.54) is 18.4 Å². The third-order valence-corrected chi connectivity index (χ3v) is 4.32. The first-order valence-corrected chi connectivity index (χ1v) is 7.39. The van der Waals surface area contributed by atoms with E-state index >= 15 is 0 Å². The van der Waals surface area contributed by atoms with Crippen LogP contribution in [-0.2, 0) is 11.2 Å². The van der Waals surface area contributed by atoms with Gasteiger partial charge >= 0.3 is 0 Å². The summed E-state index contributed by atoms with van der Waals surface area (Å²) in [7, 11) is 1.92. The van der Waals surface area contributed by atoms with Gasteiger partial charge in [-0.1, -0.05) is 45.8 Å². The predicted molar refractivity (Wildman–Crippen MR) is 78.0 cm³/mol. The minimum Gasteiger partial charge on any atom is -0.345 e. The highest BCUT2D eigenvalue weighted by Crippen LogP contribution is 2.33. The number of hydrogen-bond acceptors (Lipinski definition) is 1. The van der Waals surface area contributed by atoms with E-state index in [2.05, 4.69) is 35.0 Å². The molecule has 3 heteroatoms. The Morgan fingerprint density at radius 1 is 1.44 bits per heavy atom. The van der Waals surface area contributed by atoms with Crippen molar-refractivity contribution >= 4 is 21.8 Å². The lowest BCUT2D eigenvalue weighted by molar-refractivity contribution is -0.130. The number of carbonyl (C=O) groups is 1. The summed E-state index contributed by atoms with van der Waals surface area (Å²) in [5, 5.41) is 0. The Bertz CT molecular complexity index is 426. The van der Waals surface area contributed by atoms with E-state index in [0.29, 0.717) is 17.2 Å². The summed E-state index contributed by atoms with van der Waals surface area (Å²) in [6, 6.07) is 8.18. The van der Waals surface area contributed by atoms with Crippen molar-refractivity contribution in [3.8, 4) is 0 Å². The fraction of sp³-hybridized carbons (Fsp3) is 0.533. The smallest absolute Gasteiger partial charge is 0.226 e. The molecule has 1 aromatic rings. The normalized spacial score (nSPS) is 22.4. The maximum atomic E-state index is 12.1. The lowest BCUT2D eigenvalue weighted by atomic mass is 9.85. The average molecular weight is 310 g/mol. The SMILES string of the molecule is Cc1cccc(CC(=O)N(C)CC2CC(Br)C2)c1. The van der Waals surface area contributed by atoms with Crippen molar-refractivity contribution in [1.29, 1.82) is 0 Å². The van der Waals surface area contributed by atoms with Crippen LogP contribution in [0.4, 0.5) is 0 Å². The third-order valence-electron chi connectivity index (χ3n) is 3.57. The van der Waals surface area contributed by atoms with Crippen LogP contribution in [0, 0.1) is 12.8 Å². The van der Waals surface area contributed by atoms with E-state index in [9.17, 15) is 4.79 Å². The molecule has 1 saturated carbocycles. The highest BCUT2D eigenvalue weighted by Gasteiger charge is 2.28. The summed E-state index contributed by atoms with van der Waals surface area (Å²) in [6.07, 6.45) is 2.91. The number of rotatable bonds is 4. The van der Waals surface area contributed by atoms with Crippen LogP contribution in [0.5, 0.6) is 0 Å². The van der Waals surface area contributed by atoms with Gasteiger partial charge in [0.25, 0.3) is 0 Å². The molecule has 1 fully saturated rings. The molecule has 98 valence electrons. The fourth-order valence-corrected chi connectivity index (χ4v) is 3.48. The average Bonchev–Trinajstić information content (AvgIpc) is 2.26. The van der Waals surface area contributed by atoms with Crippen molar-refractivity contribution < 1.29 is 4.79 Å². The van der Waals surface area contributed by atoms with Crippen LogP contribution < -0.4 is 0 Å². The molecule has 1 aromatic carbocycles. The predicted octanol–water partition coefficient (Wildman–Crippen LogP) is 3.17. The molecule has 1 aliphatic rings. The van der Waals surface area contributed by atoms with Crippen LogP contribution >= 0.6 is 15.9 Å². The van der Waals surface area contributed by atoms with Gasteiger partial charge in [0, 0.05) is 18.4 Å². The summed E-state index contributed by atoms with van der Waals surface area (Å²) in [6.45, 7) is 2.95. The zero-order valence-electron chi connectivity index (χ0n) is 11.0. The first-order chi connectivity index (χ1) is 8.54. The third kappa shape index (κ3) is 3.58. The zero-order chi connectivity index (χ0) is 13.1. The monoisotopic (exact) mass is 309 g/mol. The molecular formula is C15H20BrNO. The topological polar surface area (TPSA) is 20.3 Å². The molecule has 2 nitrogen and oxygen atoms in total. The highest BCUT2D eigenvalue weighted by molar-refractivity contribution is 9.09. The molecule has 1 amide bonds. The summed E-state index contributed by atoms with van der Waals surface area (Å²) < 4.78 is 0. The van der Waals surface area contributed by atoms with Gasteiger partial charge < -0.3 is 4.90 Å². The maximum absolute atomic E-state index is 12.1. The van der Waals surface area contributed by atoms with Gasteiger partial charge in [-0.2, -0.15) is 0 Å². The molecular weight excluding hydrogens is 290 g/mol. The number of carbonyl (C=O) groups excluding carboxylic acids is 1. The molecule has 0 aromatic heterocycles. The quantitative estimate of drug-likeness (QED) is 0.782. The molecule has 0 bridgehead atoms. The first kappa shape index (κ1) is 13.6. The minimum atomic E-state index is 0.221. The first-order valence-electron chi connectivity index (χ1n) is 6.48. The number of hydrogen-bond donors (Lipinski definition) is 0. The number of halogens is 1. The standard InChI is InChI=1S/C15H20BrNO/c1-11-4-3-5-12(6-11)9-15(18)17(2)10-13-7-14(16)8-13/h3-6,13-14H,7-10H2,1-2H3. The number of alkyl halides is 1. The Hall–Kier alpha value is -0.830. The molecule has 18 heavy (non-hydrogen) atoms. The van der Waals surface area contributed by atoms with Crippen LogP contribution in [0.1, 0.15) is 24.0 Å². The van der Waals surface area contributed by atoms with Gasteiger partial charge in [0.2, 0.25) is 5.91 Å². The van der Waals surface area contributed by atoms with Crippen molar-refractivity contribution in [1.82, 2.24) is 4.90 Å². The zero-order valence-corrected chi connectivity index (χ0v) is 12.6. The summed E-state index contributed by atoms with van der Waals surface area (Å²) >= 11 is 3.59. The second-order valence-electron chi connectivity index (χ2n) is 5.37. The van der Waals surface area contributed by atoms with E-state index in [1.54, 1.807) is 0 Å². The van der Waals surface area contributed by atoms with E-state index in [4.69, 9.17) is 0 Å². The van der Waals surface area contributed by atoms with Crippen molar-refractivity contribution in [2.75, 3.05) is 13.6 Å². The molecule has 0 N–H and O–H groups in total. The highest BCUT2D eigenvalue weighted by atomic mass is 79.9. The summed E-state index contributed by atoms with van der Waals surface area (Å²) in [5.41, 5.74) is 2.32. The fourth-order valence-electron chi connectivity index (χ4n) is 2.42. The lowest BCUT2D eigenvalue weighted by Crippen LogP contribution is -2.38. The van der Waals surface area contributed by atoms with Crippen LogP contribution in [-0.4, -0.2) is 29.2 Å². The van der Waals surface area contributed by atoms with Gasteiger partial charge in [0.15, 0.2) is 0 Å². The number of nitrogens with zero attached hydrogens (tertiary/aromatic N) is 1. The lowest BCUT2D eigenvalue weighted by Gasteiger charge is -2.34. The van der Waals surface area contributed by atoms with Crippen molar-refractivity contribution in [2.45, 2.75) is 31.0 Å². The van der Waals surface area contributed by atoms with E-state index in [0.717, 1.165) is 12.1 Å². The van der Waals surface area contributed by atoms with Gasteiger partial charge in [0.05, 0.1) is 6.42 Å². The molecule has 0 saturated heterocycles. The molecule has 0 unspecified atom stereocenters. The Kier molecular flexibility index (Phi) is 4.44. The molecule has 0 spiro atoms. The molecule has 1 aliphatic carbocycles. The Morgan fingerprint density at radius 3 is 2.78 bits per heavy atom. The largest absolute Gasteiger partial charge is 0.345 e. The van der Waals surface area contributed by atoms with Gasteiger partial charge in [0.1, 0.15) is 0 Å². The van der Waals surface area contributed by atoms with Crippen LogP contribution in [0.25, 0.3) is 0 Å². The second kappa shape index (κ2) is 5.87. The van der Waals surface area contributed by atoms with Crippen molar-refractivity contribution in [3.63, 3.8) is 0 Å². The number of aryl methyl sites for hydroxylation is 1. The Labute approximate surface area is 117 Å². The van der Waals surface area contributed by atoms with Crippen LogP contribution in [0.2, 0.25) is 0 Å². The Balaban J connectivity index is 1.83. The molecule has 2 rings (SSSR count). The van der Waals surface area contributed by atoms with E-state index in [1.807, 2.05) is 24.1 Å². The molecule has 0 aliphatic heterocycles. The van der Waals surface area contributed by atoms with Gasteiger partial charge in [-0.25, -0.2) is 0 Å². The number of benzene rings is 1. The maximum Gasteiger partial charge on any atom is 0.226 e. The number of amides is 1. The van der Waals surface area contributed by atoms with Crippen molar-refractivity contribution in [3.05, 3.63) is 35.4 Å². The Morgan fingerprint density at radius 2 is 2.17 bits per heavy atom. The van der Waals surface area contributed by atoms with Gasteiger partial charge in [-0.3, -0.25) is 4.79 Å². The van der Waals surface area contributed by atoms with E-state index in [-0.39, 0.29) is 5.91 Å².